The van der Waals surface area contributed by atoms with Crippen LogP contribution in [0.5, 0.6) is 0 Å². The van der Waals surface area contributed by atoms with Gasteiger partial charge >= 0.3 is 17.9 Å². The number of rotatable bonds is 10. The van der Waals surface area contributed by atoms with E-state index < -0.39 is 59.1 Å². The van der Waals surface area contributed by atoms with Crippen LogP contribution in [0.4, 0.5) is 0 Å². The molecule has 0 N–H and O–H groups in total. The summed E-state index contributed by atoms with van der Waals surface area (Å²) in [6.45, 7) is 3.16. The second kappa shape index (κ2) is 11.9. The number of nitro groups is 1. The van der Waals surface area contributed by atoms with Crippen molar-refractivity contribution in [2.75, 3.05) is 7.11 Å². The lowest BCUT2D eigenvalue weighted by Gasteiger charge is -2.47. The summed E-state index contributed by atoms with van der Waals surface area (Å²) in [5, 5.41) is 30.4. The van der Waals surface area contributed by atoms with Gasteiger partial charge in [-0.25, -0.2) is 0 Å². The van der Waals surface area contributed by atoms with Crippen molar-refractivity contribution >= 4 is 17.9 Å². The van der Waals surface area contributed by atoms with Crippen LogP contribution >= 0.6 is 0 Å². The zero-order valence-corrected chi connectivity index (χ0v) is 18.1. The van der Waals surface area contributed by atoms with Gasteiger partial charge in [-0.3, -0.25) is 24.5 Å². The van der Waals surface area contributed by atoms with Crippen molar-refractivity contribution in [1.82, 2.24) is 0 Å². The second-order valence-corrected chi connectivity index (χ2v) is 7.06. The molecule has 1 saturated heterocycles. The van der Waals surface area contributed by atoms with Crippen molar-refractivity contribution in [2.24, 2.45) is 0 Å². The molecule has 0 radical (unpaired) electrons. The minimum absolute atomic E-state index is 0.275. The second-order valence-electron chi connectivity index (χ2n) is 7.06. The fourth-order valence-electron chi connectivity index (χ4n) is 3.64. The van der Waals surface area contributed by atoms with E-state index >= 15 is 0 Å². The first kappa shape index (κ1) is 26.7. The summed E-state index contributed by atoms with van der Waals surface area (Å²) in [5.74, 6) is -2.52. The summed E-state index contributed by atoms with van der Waals surface area (Å²) in [5.41, 5.74) is -2.08. The largest absolute Gasteiger partial charge is 0.455 e. The average molecular weight is 455 g/mol. The SMILES string of the molecule is COC1OC(C(CCC#N)(CCC#N)[N+](=O)[O-])C(OC(C)=O)C(OC(C)=O)C1OC(C)=O. The van der Waals surface area contributed by atoms with Gasteiger partial charge in [0, 0.05) is 58.5 Å². The van der Waals surface area contributed by atoms with Crippen molar-refractivity contribution < 1.29 is 43.0 Å². The first-order valence-electron chi connectivity index (χ1n) is 9.62. The van der Waals surface area contributed by atoms with Crippen LogP contribution in [0.15, 0.2) is 0 Å². The predicted octanol–water partition coefficient (Wildman–Crippen LogP) is 0.776. The molecule has 0 aromatic rings. The van der Waals surface area contributed by atoms with Gasteiger partial charge in [-0.05, 0) is 0 Å². The molecule has 32 heavy (non-hydrogen) atoms. The number of esters is 3. The Morgan fingerprint density at radius 1 is 0.938 bits per heavy atom. The molecule has 1 fully saturated rings. The van der Waals surface area contributed by atoms with Gasteiger partial charge in [-0.15, -0.1) is 0 Å². The molecule has 176 valence electrons. The highest BCUT2D eigenvalue weighted by atomic mass is 16.7. The number of ether oxygens (including phenoxy) is 5. The van der Waals surface area contributed by atoms with Crippen LogP contribution < -0.4 is 0 Å². The van der Waals surface area contributed by atoms with Crippen LogP contribution in [0, 0.1) is 32.8 Å². The third-order valence-electron chi connectivity index (χ3n) is 4.87. The van der Waals surface area contributed by atoms with Gasteiger partial charge in [-0.2, -0.15) is 10.5 Å². The Morgan fingerprint density at radius 3 is 1.75 bits per heavy atom. The zero-order chi connectivity index (χ0) is 24.5. The number of methoxy groups -OCH3 is 1. The predicted molar refractivity (Wildman–Crippen MR) is 102 cm³/mol. The molecule has 0 amide bonds. The molecule has 0 spiro atoms. The maximum Gasteiger partial charge on any atom is 0.303 e. The maximum absolute atomic E-state index is 12.3. The zero-order valence-electron chi connectivity index (χ0n) is 18.1. The van der Waals surface area contributed by atoms with Crippen LogP contribution in [0.25, 0.3) is 0 Å². The molecule has 13 nitrogen and oxygen atoms in total. The van der Waals surface area contributed by atoms with Crippen molar-refractivity contribution in [2.45, 2.75) is 82.7 Å². The lowest BCUT2D eigenvalue weighted by atomic mass is 9.77. The molecule has 0 aliphatic carbocycles. The van der Waals surface area contributed by atoms with Crippen molar-refractivity contribution in [3.8, 4) is 12.1 Å². The number of carbonyl (C=O) groups excluding carboxylic acids is 3. The summed E-state index contributed by atoms with van der Waals surface area (Å²) in [4.78, 5) is 46.9. The average Bonchev–Trinajstić information content (AvgIpc) is 2.70. The van der Waals surface area contributed by atoms with Gasteiger partial charge in [-0.1, -0.05) is 0 Å². The molecule has 0 bridgehead atoms. The van der Waals surface area contributed by atoms with E-state index in [4.69, 9.17) is 34.2 Å². The normalized spacial score (nSPS) is 25.0. The molecule has 1 aliphatic rings. The van der Waals surface area contributed by atoms with Crippen LogP contribution in [0.1, 0.15) is 46.5 Å². The minimum atomic E-state index is -2.08. The van der Waals surface area contributed by atoms with Gasteiger partial charge < -0.3 is 23.7 Å². The first-order valence-corrected chi connectivity index (χ1v) is 9.62. The van der Waals surface area contributed by atoms with Crippen LogP contribution in [-0.2, 0) is 38.1 Å². The van der Waals surface area contributed by atoms with Crippen LogP contribution in [0.2, 0.25) is 0 Å². The van der Waals surface area contributed by atoms with E-state index in [1.165, 1.54) is 7.11 Å². The quantitative estimate of drug-likeness (QED) is 0.195. The van der Waals surface area contributed by atoms with E-state index in [0.717, 1.165) is 20.8 Å². The Kier molecular flexibility index (Phi) is 9.97. The van der Waals surface area contributed by atoms with Crippen LogP contribution in [-0.4, -0.2) is 66.2 Å². The number of nitrogens with zero attached hydrogens (tertiary/aromatic N) is 3. The Labute approximate surface area is 184 Å². The number of nitriles is 2. The van der Waals surface area contributed by atoms with Gasteiger partial charge in [0.25, 0.3) is 5.54 Å². The molecule has 13 heteroatoms. The molecule has 0 saturated carbocycles. The minimum Gasteiger partial charge on any atom is -0.455 e. The third-order valence-corrected chi connectivity index (χ3v) is 4.87. The highest BCUT2D eigenvalue weighted by molar-refractivity contribution is 5.68. The molecule has 0 aromatic carbocycles. The van der Waals surface area contributed by atoms with Crippen molar-refractivity contribution in [3.63, 3.8) is 0 Å². The fourth-order valence-corrected chi connectivity index (χ4v) is 3.64. The third kappa shape index (κ3) is 6.35. The fraction of sp³-hybridized carbons (Fsp3) is 0.737. The summed E-state index contributed by atoms with van der Waals surface area (Å²) < 4.78 is 26.7. The highest BCUT2D eigenvalue weighted by Crippen LogP contribution is 2.40. The molecule has 1 heterocycles. The summed E-state index contributed by atoms with van der Waals surface area (Å²) >= 11 is 0. The molecular weight excluding hydrogens is 430 g/mol. The van der Waals surface area contributed by atoms with Crippen LogP contribution in [0.3, 0.4) is 0 Å². The molecule has 1 rings (SSSR count). The van der Waals surface area contributed by atoms with E-state index in [9.17, 15) is 24.5 Å². The standard InChI is InChI=1S/C19H25N3O10/c1-11(23)29-14-15(30-12(2)24)17(32-18(28-4)16(14)31-13(3)25)19(22(26)27,7-5-9-20)8-6-10-21/h14-18H,5-8H2,1-4H3. The Hall–Kier alpha value is -3.29. The number of hydrogen-bond donors (Lipinski definition) is 0. The Morgan fingerprint density at radius 2 is 1.38 bits per heavy atom. The smallest absolute Gasteiger partial charge is 0.303 e. The lowest BCUT2D eigenvalue weighted by molar-refractivity contribution is -0.595. The monoisotopic (exact) mass is 455 g/mol. The Balaban J connectivity index is 3.70. The van der Waals surface area contributed by atoms with Crippen molar-refractivity contribution in [3.05, 3.63) is 10.1 Å². The topological polar surface area (TPSA) is 188 Å². The number of hydrogen-bond acceptors (Lipinski definition) is 12. The van der Waals surface area contributed by atoms with Crippen molar-refractivity contribution in [1.29, 1.82) is 10.5 Å². The number of carbonyl (C=O) groups is 3. The molecular formula is C19H25N3O10. The molecule has 5 atom stereocenters. The van der Waals surface area contributed by atoms with E-state index in [1.54, 1.807) is 0 Å². The molecule has 1 aliphatic heterocycles. The van der Waals surface area contributed by atoms with E-state index in [-0.39, 0.29) is 25.7 Å². The lowest BCUT2D eigenvalue weighted by Crippen LogP contribution is -2.69. The van der Waals surface area contributed by atoms with Gasteiger partial charge in [0.15, 0.2) is 30.7 Å². The maximum atomic E-state index is 12.3. The van der Waals surface area contributed by atoms with E-state index in [0.29, 0.717) is 0 Å². The summed E-state index contributed by atoms with van der Waals surface area (Å²) in [6.07, 6.45) is -8.86. The molecule has 5 unspecified atom stereocenters. The van der Waals surface area contributed by atoms with E-state index in [1.807, 2.05) is 12.1 Å². The summed E-state index contributed by atoms with van der Waals surface area (Å²) in [7, 11) is 1.17. The van der Waals surface area contributed by atoms with Gasteiger partial charge in [0.1, 0.15) is 0 Å². The highest BCUT2D eigenvalue weighted by Gasteiger charge is 2.63. The van der Waals surface area contributed by atoms with E-state index in [2.05, 4.69) is 0 Å². The van der Waals surface area contributed by atoms with Gasteiger partial charge in [0.2, 0.25) is 0 Å². The molecule has 0 aromatic heterocycles. The first-order chi connectivity index (χ1) is 15.0. The summed E-state index contributed by atoms with van der Waals surface area (Å²) in [6, 6.07) is 3.63. The Bertz CT molecular complexity index is 784. The van der Waals surface area contributed by atoms with Gasteiger partial charge in [0.05, 0.1) is 12.1 Å².